The predicted molar refractivity (Wildman–Crippen MR) is 245 cm³/mol. The van der Waals surface area contributed by atoms with E-state index in [-0.39, 0.29) is 61.2 Å². The molecule has 0 aromatic rings. The minimum absolute atomic E-state index is 0.0195. The molecule has 0 aromatic carbocycles. The third kappa shape index (κ3) is 23.8. The van der Waals surface area contributed by atoms with Crippen LogP contribution in [0.2, 0.25) is 0 Å². The van der Waals surface area contributed by atoms with Crippen LogP contribution in [-0.2, 0) is 43.2 Å². The maximum absolute atomic E-state index is 13.9. The zero-order valence-electron chi connectivity index (χ0n) is 41.1. The summed E-state index contributed by atoms with van der Waals surface area (Å²) in [5.74, 6) is -6.50. The zero-order valence-corrected chi connectivity index (χ0v) is 41.1. The van der Waals surface area contributed by atoms with Gasteiger partial charge in [-0.2, -0.15) is 0 Å². The van der Waals surface area contributed by atoms with Gasteiger partial charge in [-0.25, -0.2) is 0 Å². The van der Waals surface area contributed by atoms with Gasteiger partial charge < -0.3 is 53.4 Å². The van der Waals surface area contributed by atoms with Crippen LogP contribution in [0.4, 0.5) is 0 Å². The summed E-state index contributed by atoms with van der Waals surface area (Å²) in [6.07, 6.45) is 1.46. The van der Waals surface area contributed by atoms with Gasteiger partial charge >= 0.3 is 5.97 Å². The standard InChI is InChI=1S/C45H83N9O10/c1-22(2)16-31(46)39(57)51-35(20-26(9)10)43(61)52-33(18-24(5)6)41(59)48-29(14)38(56)50-34(19-25(7)8)42(60)54-36(21-27(11)12)44(62)53-32(17-23(3)4)40(58)47-28(13)37(55)49-30(15)45(63)64/h22-36H,16-21,46H2,1-15H3,(H,47,58)(H,48,59)(H,49,55)(H,50,56)(H,51,57)(H,52,61)(H,53,62)(H,54,60)(H,63,64)/t28-,29-,30-,31-,32-,33-,34-,35-,36-/m0/s1. The van der Waals surface area contributed by atoms with Gasteiger partial charge in [0.15, 0.2) is 0 Å². The number of carboxylic acids is 1. The average molecular weight is 910 g/mol. The van der Waals surface area contributed by atoms with E-state index in [2.05, 4.69) is 42.5 Å². The van der Waals surface area contributed by atoms with E-state index < -0.39 is 108 Å². The fourth-order valence-electron chi connectivity index (χ4n) is 6.68. The highest BCUT2D eigenvalue weighted by Crippen LogP contribution is 2.13. The summed E-state index contributed by atoms with van der Waals surface area (Å²) in [6, 6.07) is -9.69. The van der Waals surface area contributed by atoms with E-state index in [1.807, 2.05) is 83.1 Å². The number of carbonyl (C=O) groups excluding carboxylic acids is 8. The lowest BCUT2D eigenvalue weighted by molar-refractivity contribution is -0.141. The number of hydrogen-bond donors (Lipinski definition) is 10. The number of carboxylic acid groups (broad SMARTS) is 1. The molecule has 0 saturated carbocycles. The molecule has 19 nitrogen and oxygen atoms in total. The molecular formula is C45H83N9O10. The van der Waals surface area contributed by atoms with Gasteiger partial charge in [0, 0.05) is 0 Å². The Hall–Kier alpha value is -4.81. The van der Waals surface area contributed by atoms with Crippen molar-refractivity contribution in [1.82, 2.24) is 42.5 Å². The number of nitrogens with one attached hydrogen (secondary N) is 8. The monoisotopic (exact) mass is 910 g/mol. The Morgan fingerprint density at radius 1 is 0.312 bits per heavy atom. The minimum atomic E-state index is -1.25. The summed E-state index contributed by atoms with van der Waals surface area (Å²) in [4.78, 5) is 119. The van der Waals surface area contributed by atoms with Gasteiger partial charge in [0.05, 0.1) is 6.04 Å². The molecule has 0 heterocycles. The second-order valence-corrected chi connectivity index (χ2v) is 19.7. The van der Waals surface area contributed by atoms with Crippen molar-refractivity contribution in [2.45, 2.75) is 197 Å². The van der Waals surface area contributed by atoms with Gasteiger partial charge in [0.1, 0.15) is 48.3 Å². The molecule has 64 heavy (non-hydrogen) atoms. The van der Waals surface area contributed by atoms with Crippen molar-refractivity contribution < 1.29 is 48.3 Å². The number of aliphatic carboxylic acids is 1. The molecular weight excluding hydrogens is 827 g/mol. The Kier molecular flexibility index (Phi) is 26.7. The van der Waals surface area contributed by atoms with E-state index in [1.165, 1.54) is 20.8 Å². The predicted octanol–water partition coefficient (Wildman–Crippen LogP) is 1.61. The number of amides is 8. The van der Waals surface area contributed by atoms with E-state index >= 15 is 0 Å². The van der Waals surface area contributed by atoms with Gasteiger partial charge in [-0.1, -0.05) is 83.1 Å². The summed E-state index contributed by atoms with van der Waals surface area (Å²) < 4.78 is 0. The zero-order chi connectivity index (χ0) is 49.8. The van der Waals surface area contributed by atoms with E-state index in [1.54, 1.807) is 0 Å². The molecule has 0 saturated heterocycles. The Balaban J connectivity index is 6.17. The first kappa shape index (κ1) is 59.2. The Labute approximate surface area is 381 Å². The normalized spacial score (nSPS) is 15.8. The van der Waals surface area contributed by atoms with Crippen LogP contribution >= 0.6 is 0 Å². The van der Waals surface area contributed by atoms with Crippen molar-refractivity contribution in [3.8, 4) is 0 Å². The first-order chi connectivity index (χ1) is 29.4. The van der Waals surface area contributed by atoms with E-state index in [4.69, 9.17) is 10.8 Å². The maximum atomic E-state index is 13.9. The van der Waals surface area contributed by atoms with Crippen molar-refractivity contribution in [3.63, 3.8) is 0 Å². The summed E-state index contributed by atoms with van der Waals surface area (Å²) in [5.41, 5.74) is 6.09. The molecule has 0 fully saturated rings. The van der Waals surface area contributed by atoms with Crippen molar-refractivity contribution >= 4 is 53.2 Å². The highest BCUT2D eigenvalue weighted by Gasteiger charge is 2.34. The Morgan fingerprint density at radius 2 is 0.516 bits per heavy atom. The van der Waals surface area contributed by atoms with Gasteiger partial charge in [-0.15, -0.1) is 0 Å². The lowest BCUT2D eigenvalue weighted by atomic mass is 9.98. The number of hydrogen-bond acceptors (Lipinski definition) is 10. The maximum Gasteiger partial charge on any atom is 0.325 e. The first-order valence-electron chi connectivity index (χ1n) is 22.9. The minimum Gasteiger partial charge on any atom is -0.480 e. The van der Waals surface area contributed by atoms with Crippen LogP contribution < -0.4 is 48.3 Å². The van der Waals surface area contributed by atoms with Crippen LogP contribution in [0.1, 0.15) is 142 Å². The fourth-order valence-corrected chi connectivity index (χ4v) is 6.68. The molecule has 368 valence electrons. The highest BCUT2D eigenvalue weighted by atomic mass is 16.4. The van der Waals surface area contributed by atoms with Crippen molar-refractivity contribution in [2.75, 3.05) is 0 Å². The SMILES string of the molecule is CC(C)C[C@H](NC(=O)[C@H](C)NC(=O)[C@H](CC(C)C)NC(=O)[C@H](CC(C)C)NC(=O)[C@@H](N)CC(C)C)C(=O)N[C@@H](CC(C)C)C(=O)N[C@@H](CC(C)C)C(=O)N[C@@H](C)C(=O)N[C@@H](C)C(=O)O. The molecule has 0 aliphatic rings. The third-order valence-electron chi connectivity index (χ3n) is 10.00. The smallest absolute Gasteiger partial charge is 0.325 e. The molecule has 0 aliphatic heterocycles. The van der Waals surface area contributed by atoms with Gasteiger partial charge in [-0.05, 0) is 94.8 Å². The largest absolute Gasteiger partial charge is 0.480 e. The van der Waals surface area contributed by atoms with E-state index in [0.717, 1.165) is 0 Å². The molecule has 0 spiro atoms. The molecule has 0 aliphatic carbocycles. The second kappa shape index (κ2) is 28.9. The van der Waals surface area contributed by atoms with Crippen LogP contribution in [0.3, 0.4) is 0 Å². The highest BCUT2D eigenvalue weighted by molar-refractivity contribution is 5.98. The lowest BCUT2D eigenvalue weighted by Gasteiger charge is -2.29. The van der Waals surface area contributed by atoms with Crippen LogP contribution in [0.15, 0.2) is 0 Å². The first-order valence-corrected chi connectivity index (χ1v) is 22.9. The summed E-state index contributed by atoms with van der Waals surface area (Å²) in [7, 11) is 0. The summed E-state index contributed by atoms with van der Waals surface area (Å²) in [6.45, 7) is 26.6. The van der Waals surface area contributed by atoms with Crippen molar-refractivity contribution in [3.05, 3.63) is 0 Å². The van der Waals surface area contributed by atoms with Crippen LogP contribution in [-0.4, -0.2) is 113 Å². The number of rotatable bonds is 29. The topological polar surface area (TPSA) is 296 Å². The van der Waals surface area contributed by atoms with Crippen LogP contribution in [0, 0.1) is 35.5 Å². The molecule has 0 bridgehead atoms. The third-order valence-corrected chi connectivity index (χ3v) is 10.00. The molecule has 11 N–H and O–H groups in total. The Bertz CT molecular complexity index is 1570. The fraction of sp³-hybridized carbons (Fsp3) is 0.800. The molecule has 8 amide bonds. The van der Waals surface area contributed by atoms with Gasteiger partial charge in [0.25, 0.3) is 0 Å². The summed E-state index contributed by atoms with van der Waals surface area (Å²) >= 11 is 0. The van der Waals surface area contributed by atoms with Crippen LogP contribution in [0.5, 0.6) is 0 Å². The van der Waals surface area contributed by atoms with E-state index in [0.29, 0.717) is 12.8 Å². The van der Waals surface area contributed by atoms with Gasteiger partial charge in [0.2, 0.25) is 47.3 Å². The molecule has 0 rings (SSSR count). The lowest BCUT2D eigenvalue weighted by Crippen LogP contribution is -2.60. The molecule has 0 radical (unpaired) electrons. The van der Waals surface area contributed by atoms with Gasteiger partial charge in [-0.3, -0.25) is 43.2 Å². The summed E-state index contributed by atoms with van der Waals surface area (Å²) in [5, 5.41) is 30.3. The van der Waals surface area contributed by atoms with Crippen molar-refractivity contribution in [2.24, 2.45) is 41.2 Å². The van der Waals surface area contributed by atoms with Crippen molar-refractivity contribution in [1.29, 1.82) is 0 Å². The molecule has 9 atom stereocenters. The quantitative estimate of drug-likeness (QED) is 0.0515. The molecule has 19 heteroatoms. The van der Waals surface area contributed by atoms with Crippen LogP contribution in [0.25, 0.3) is 0 Å². The average Bonchev–Trinajstić information content (AvgIpc) is 3.14. The molecule has 0 aromatic heterocycles. The Morgan fingerprint density at radius 3 is 0.766 bits per heavy atom. The number of nitrogens with two attached hydrogens (primary N) is 1. The number of carbonyl (C=O) groups is 9. The molecule has 0 unspecified atom stereocenters. The van der Waals surface area contributed by atoms with E-state index in [9.17, 15) is 43.2 Å². The second-order valence-electron chi connectivity index (χ2n) is 19.7.